The standard InChI is InChI=1S/C20H25N3O2.ClH/c1-2-17-3-5-19(6-4-17)25-16-20(24)23-13-11-22(12-14-23)15-18-7-9-21-10-8-18;/h3-10H,2,11-16H2,1H3;1H. The fraction of sp³-hybridized carbons (Fsp3) is 0.400. The van der Waals surface area contributed by atoms with Crippen molar-refractivity contribution in [2.45, 2.75) is 19.9 Å². The van der Waals surface area contributed by atoms with Gasteiger partial charge in [-0.2, -0.15) is 0 Å². The van der Waals surface area contributed by atoms with Gasteiger partial charge in [-0.25, -0.2) is 0 Å². The van der Waals surface area contributed by atoms with Crippen LogP contribution in [0.15, 0.2) is 48.8 Å². The highest BCUT2D eigenvalue weighted by molar-refractivity contribution is 5.85. The Morgan fingerprint density at radius 3 is 2.27 bits per heavy atom. The van der Waals surface area contributed by atoms with Crippen LogP contribution >= 0.6 is 12.4 Å². The zero-order valence-corrected chi connectivity index (χ0v) is 16.0. The predicted octanol–water partition coefficient (Wildman–Crippen LogP) is 2.79. The van der Waals surface area contributed by atoms with Gasteiger partial charge in [-0.05, 0) is 41.8 Å². The van der Waals surface area contributed by atoms with Gasteiger partial charge in [0.25, 0.3) is 5.91 Å². The van der Waals surface area contributed by atoms with Gasteiger partial charge >= 0.3 is 0 Å². The van der Waals surface area contributed by atoms with Gasteiger partial charge < -0.3 is 9.64 Å². The molecule has 1 aromatic heterocycles. The Kier molecular flexibility index (Phi) is 7.88. The molecule has 0 radical (unpaired) electrons. The monoisotopic (exact) mass is 375 g/mol. The normalized spacial score (nSPS) is 14.6. The largest absolute Gasteiger partial charge is 0.484 e. The minimum Gasteiger partial charge on any atom is -0.484 e. The topological polar surface area (TPSA) is 45.7 Å². The number of hydrogen-bond donors (Lipinski definition) is 0. The van der Waals surface area contributed by atoms with Crippen molar-refractivity contribution in [3.63, 3.8) is 0 Å². The molecule has 1 aromatic carbocycles. The number of hydrogen-bond acceptors (Lipinski definition) is 4. The lowest BCUT2D eigenvalue weighted by molar-refractivity contribution is -0.135. The van der Waals surface area contributed by atoms with Crippen LogP contribution in [-0.2, 0) is 17.8 Å². The Morgan fingerprint density at radius 1 is 1.00 bits per heavy atom. The summed E-state index contributed by atoms with van der Waals surface area (Å²) >= 11 is 0. The third-order valence-electron chi connectivity index (χ3n) is 4.57. The van der Waals surface area contributed by atoms with Crippen LogP contribution in [0.4, 0.5) is 0 Å². The Balaban J connectivity index is 0.00000243. The van der Waals surface area contributed by atoms with Gasteiger partial charge in [-0.1, -0.05) is 19.1 Å². The van der Waals surface area contributed by atoms with Gasteiger partial charge in [0.15, 0.2) is 6.61 Å². The lowest BCUT2D eigenvalue weighted by Crippen LogP contribution is -2.49. The number of carbonyl (C=O) groups excluding carboxylic acids is 1. The molecule has 1 fully saturated rings. The molecule has 2 heterocycles. The maximum Gasteiger partial charge on any atom is 0.260 e. The molecule has 0 N–H and O–H groups in total. The molecule has 5 nitrogen and oxygen atoms in total. The number of amides is 1. The molecule has 1 aliphatic rings. The second-order valence-electron chi connectivity index (χ2n) is 6.30. The van der Waals surface area contributed by atoms with E-state index in [9.17, 15) is 4.79 Å². The maximum atomic E-state index is 12.3. The Labute approximate surface area is 161 Å². The number of carbonyl (C=O) groups is 1. The summed E-state index contributed by atoms with van der Waals surface area (Å²) in [6, 6.07) is 12.0. The number of aryl methyl sites for hydroxylation is 1. The zero-order chi connectivity index (χ0) is 17.5. The molecule has 1 aliphatic heterocycles. The average molecular weight is 376 g/mol. The van der Waals surface area contributed by atoms with Crippen LogP contribution in [0.2, 0.25) is 0 Å². The van der Waals surface area contributed by atoms with Gasteiger partial charge in [0.1, 0.15) is 5.75 Å². The first-order valence-electron chi connectivity index (χ1n) is 8.85. The summed E-state index contributed by atoms with van der Waals surface area (Å²) in [5.74, 6) is 0.810. The quantitative estimate of drug-likeness (QED) is 0.778. The molecule has 0 unspecified atom stereocenters. The lowest BCUT2D eigenvalue weighted by atomic mass is 10.2. The molecule has 140 valence electrons. The second kappa shape index (κ2) is 10.1. The van der Waals surface area contributed by atoms with Gasteiger partial charge in [0.2, 0.25) is 0 Å². The molecule has 0 saturated carbocycles. The van der Waals surface area contributed by atoms with E-state index in [2.05, 4.69) is 16.8 Å². The number of nitrogens with zero attached hydrogens (tertiary/aromatic N) is 3. The van der Waals surface area contributed by atoms with Crippen molar-refractivity contribution in [2.75, 3.05) is 32.8 Å². The summed E-state index contributed by atoms with van der Waals surface area (Å²) in [6.07, 6.45) is 4.64. The number of halogens is 1. The molecule has 26 heavy (non-hydrogen) atoms. The fourth-order valence-electron chi connectivity index (χ4n) is 2.96. The van der Waals surface area contributed by atoms with E-state index in [-0.39, 0.29) is 24.9 Å². The van der Waals surface area contributed by atoms with Crippen LogP contribution in [0, 0.1) is 0 Å². The van der Waals surface area contributed by atoms with E-state index in [1.54, 1.807) is 0 Å². The van der Waals surface area contributed by atoms with Crippen LogP contribution in [0.1, 0.15) is 18.1 Å². The van der Waals surface area contributed by atoms with Crippen molar-refractivity contribution in [2.24, 2.45) is 0 Å². The number of aromatic nitrogens is 1. The molecule has 0 atom stereocenters. The van der Waals surface area contributed by atoms with Crippen molar-refractivity contribution in [3.05, 3.63) is 59.9 Å². The SMILES string of the molecule is CCc1ccc(OCC(=O)N2CCN(Cc3ccncc3)CC2)cc1.Cl. The Morgan fingerprint density at radius 2 is 1.65 bits per heavy atom. The molecule has 3 rings (SSSR count). The van der Waals surface area contributed by atoms with Crippen LogP contribution in [-0.4, -0.2) is 53.5 Å². The first-order valence-corrected chi connectivity index (χ1v) is 8.85. The minimum absolute atomic E-state index is 0. The van der Waals surface area contributed by atoms with Gasteiger partial charge in [0.05, 0.1) is 0 Å². The number of ether oxygens (including phenoxy) is 1. The van der Waals surface area contributed by atoms with Gasteiger partial charge in [-0.15, -0.1) is 12.4 Å². The number of pyridine rings is 1. The van der Waals surface area contributed by atoms with Crippen molar-refractivity contribution < 1.29 is 9.53 Å². The molecule has 0 bridgehead atoms. The predicted molar refractivity (Wildman–Crippen MR) is 105 cm³/mol. The fourth-order valence-corrected chi connectivity index (χ4v) is 2.96. The van der Waals surface area contributed by atoms with Crippen LogP contribution in [0.5, 0.6) is 5.75 Å². The number of benzene rings is 1. The number of piperazine rings is 1. The van der Waals surface area contributed by atoms with Crippen molar-refractivity contribution in [1.29, 1.82) is 0 Å². The number of rotatable bonds is 6. The van der Waals surface area contributed by atoms with E-state index in [1.807, 2.05) is 53.7 Å². The lowest BCUT2D eigenvalue weighted by Gasteiger charge is -2.34. The highest BCUT2D eigenvalue weighted by atomic mass is 35.5. The summed E-state index contributed by atoms with van der Waals surface area (Å²) in [7, 11) is 0. The minimum atomic E-state index is 0. The van der Waals surface area contributed by atoms with E-state index < -0.39 is 0 Å². The van der Waals surface area contributed by atoms with E-state index in [0.29, 0.717) is 0 Å². The maximum absolute atomic E-state index is 12.3. The third kappa shape index (κ3) is 5.71. The molecular formula is C20H26ClN3O2. The summed E-state index contributed by atoms with van der Waals surface area (Å²) in [5.41, 5.74) is 2.53. The van der Waals surface area contributed by atoms with Crippen LogP contribution < -0.4 is 4.74 Å². The highest BCUT2D eigenvalue weighted by Gasteiger charge is 2.21. The molecule has 0 aliphatic carbocycles. The second-order valence-corrected chi connectivity index (χ2v) is 6.30. The van der Waals surface area contributed by atoms with Crippen LogP contribution in [0.25, 0.3) is 0 Å². The molecule has 2 aromatic rings. The van der Waals surface area contributed by atoms with Crippen LogP contribution in [0.3, 0.4) is 0 Å². The average Bonchev–Trinajstić information content (AvgIpc) is 2.68. The summed E-state index contributed by atoms with van der Waals surface area (Å²) in [4.78, 5) is 20.6. The van der Waals surface area contributed by atoms with Crippen molar-refractivity contribution >= 4 is 18.3 Å². The Bertz CT molecular complexity index is 671. The van der Waals surface area contributed by atoms with Crippen molar-refractivity contribution in [1.82, 2.24) is 14.8 Å². The molecular weight excluding hydrogens is 350 g/mol. The Hall–Kier alpha value is -2.11. The first kappa shape index (κ1) is 20.2. The molecule has 1 amide bonds. The smallest absolute Gasteiger partial charge is 0.260 e. The van der Waals surface area contributed by atoms with E-state index >= 15 is 0 Å². The van der Waals surface area contributed by atoms with E-state index in [0.717, 1.165) is 44.9 Å². The molecule has 1 saturated heterocycles. The van der Waals surface area contributed by atoms with Crippen molar-refractivity contribution in [3.8, 4) is 5.75 Å². The first-order chi connectivity index (χ1) is 12.2. The molecule has 0 spiro atoms. The summed E-state index contributed by atoms with van der Waals surface area (Å²) in [6.45, 7) is 6.41. The van der Waals surface area contributed by atoms with Gasteiger partial charge in [-0.3, -0.25) is 14.7 Å². The van der Waals surface area contributed by atoms with E-state index in [1.165, 1.54) is 11.1 Å². The summed E-state index contributed by atoms with van der Waals surface area (Å²) < 4.78 is 5.63. The molecule has 6 heteroatoms. The third-order valence-corrected chi connectivity index (χ3v) is 4.57. The summed E-state index contributed by atoms with van der Waals surface area (Å²) in [5, 5.41) is 0. The highest BCUT2D eigenvalue weighted by Crippen LogP contribution is 2.13. The zero-order valence-electron chi connectivity index (χ0n) is 15.1. The van der Waals surface area contributed by atoms with E-state index in [4.69, 9.17) is 4.74 Å². The van der Waals surface area contributed by atoms with Gasteiger partial charge in [0, 0.05) is 45.1 Å².